The van der Waals surface area contributed by atoms with Gasteiger partial charge in [-0.1, -0.05) is 7.43 Å². The highest BCUT2D eigenvalue weighted by Gasteiger charge is 2.30. The van der Waals surface area contributed by atoms with Crippen LogP contribution in [0.4, 0.5) is 0 Å². The first-order valence-electron chi connectivity index (χ1n) is 13.0. The minimum absolute atomic E-state index is 0. The Morgan fingerprint density at radius 3 is 1.35 bits per heavy atom. The van der Waals surface area contributed by atoms with Crippen LogP contribution >= 0.6 is 0 Å². The SMILES string of the molecule is C.CC(=O)N1CCN(CC(=O)NCS(=O)(=O)C(C)(C)C)CC1.CC(C)(C)S(=O)(=O)CNC(=O)CN1CCOCC1. The molecule has 0 aromatic carbocycles. The van der Waals surface area contributed by atoms with Crippen molar-refractivity contribution in [3.05, 3.63) is 0 Å². The Bertz CT molecular complexity index is 1040. The fourth-order valence-corrected chi connectivity index (χ4v) is 4.85. The number of nitrogens with one attached hydrogen (secondary N) is 2. The molecule has 0 saturated carbocycles. The molecule has 0 bridgehead atoms. The molecule has 40 heavy (non-hydrogen) atoms. The number of hydrogen-bond donors (Lipinski definition) is 2. The lowest BCUT2D eigenvalue weighted by Crippen LogP contribution is -2.51. The summed E-state index contributed by atoms with van der Waals surface area (Å²) in [5.74, 6) is -1.18. The third kappa shape index (κ3) is 13.2. The number of sulfone groups is 2. The molecule has 0 unspecified atom stereocenters. The number of rotatable bonds is 8. The summed E-state index contributed by atoms with van der Waals surface area (Å²) >= 11 is 0. The molecule has 236 valence electrons. The minimum Gasteiger partial charge on any atom is -0.379 e. The minimum atomic E-state index is -3.36. The molecule has 2 rings (SSSR count). The normalized spacial score (nSPS) is 17.6. The van der Waals surface area contributed by atoms with Crippen LogP contribution in [0, 0.1) is 0 Å². The third-order valence-electron chi connectivity index (χ3n) is 6.44. The first-order valence-corrected chi connectivity index (χ1v) is 16.3. The van der Waals surface area contributed by atoms with Crippen LogP contribution in [0.25, 0.3) is 0 Å². The number of piperazine rings is 1. The lowest BCUT2D eigenvalue weighted by molar-refractivity contribution is -0.131. The predicted octanol–water partition coefficient (Wildman–Crippen LogP) is -0.321. The first-order chi connectivity index (χ1) is 17.7. The number of hydrogen-bond acceptors (Lipinski definition) is 10. The van der Waals surface area contributed by atoms with Gasteiger partial charge >= 0.3 is 0 Å². The third-order valence-corrected chi connectivity index (χ3v) is 11.2. The van der Waals surface area contributed by atoms with Crippen LogP contribution < -0.4 is 10.6 Å². The standard InChI is InChI=1S/C13H25N3O4S.C11H22N2O4S.CH4/c1-11(17)16-7-5-15(6-8-16)9-12(18)14-10-21(19,20)13(2,3)4;1-11(2,3)18(15,16)9-12-10(14)8-13-4-6-17-7-5-13;/h5-10H2,1-4H3,(H,14,18);4-9H2,1-3H3,(H,12,14);1H4. The van der Waals surface area contributed by atoms with Gasteiger partial charge in [0.1, 0.15) is 11.8 Å². The second-order valence-electron chi connectivity index (χ2n) is 11.6. The van der Waals surface area contributed by atoms with Crippen LogP contribution in [-0.2, 0) is 38.8 Å². The van der Waals surface area contributed by atoms with E-state index >= 15 is 0 Å². The largest absolute Gasteiger partial charge is 0.379 e. The van der Waals surface area contributed by atoms with Gasteiger partial charge < -0.3 is 20.3 Å². The van der Waals surface area contributed by atoms with Gasteiger partial charge in [0.2, 0.25) is 17.7 Å². The van der Waals surface area contributed by atoms with Gasteiger partial charge in [-0.25, -0.2) is 16.8 Å². The molecule has 0 radical (unpaired) electrons. The van der Waals surface area contributed by atoms with Crippen molar-refractivity contribution < 1.29 is 36.0 Å². The maximum atomic E-state index is 11.9. The first kappa shape index (κ1) is 38.2. The molecule has 3 amide bonds. The van der Waals surface area contributed by atoms with Crippen molar-refractivity contribution in [2.24, 2.45) is 0 Å². The Hall–Kier alpha value is -1.81. The number of carbonyl (C=O) groups excluding carboxylic acids is 3. The summed E-state index contributed by atoms with van der Waals surface area (Å²) in [5, 5.41) is 4.93. The molecule has 0 atom stereocenters. The molecular formula is C25H51N5O8S2. The van der Waals surface area contributed by atoms with Crippen LogP contribution in [0.2, 0.25) is 0 Å². The summed E-state index contributed by atoms with van der Waals surface area (Å²) in [6, 6.07) is 0. The van der Waals surface area contributed by atoms with Crippen molar-refractivity contribution in [1.82, 2.24) is 25.3 Å². The smallest absolute Gasteiger partial charge is 0.234 e. The molecule has 13 nitrogen and oxygen atoms in total. The van der Waals surface area contributed by atoms with Crippen LogP contribution in [0.5, 0.6) is 0 Å². The monoisotopic (exact) mass is 613 g/mol. The molecule has 0 aromatic rings. The van der Waals surface area contributed by atoms with E-state index < -0.39 is 29.2 Å². The van der Waals surface area contributed by atoms with Gasteiger partial charge in [0.05, 0.1) is 35.8 Å². The Morgan fingerprint density at radius 1 is 0.675 bits per heavy atom. The van der Waals surface area contributed by atoms with Gasteiger partial charge in [-0.05, 0) is 41.5 Å². The van der Waals surface area contributed by atoms with Gasteiger partial charge in [0.25, 0.3) is 0 Å². The zero-order valence-corrected chi connectivity index (χ0v) is 26.0. The summed E-state index contributed by atoms with van der Waals surface area (Å²) in [4.78, 5) is 40.2. The summed E-state index contributed by atoms with van der Waals surface area (Å²) < 4.78 is 50.8. The van der Waals surface area contributed by atoms with Crippen molar-refractivity contribution in [2.45, 2.75) is 65.4 Å². The average Bonchev–Trinajstić information content (AvgIpc) is 2.81. The Balaban J connectivity index is 0.000000750. The fraction of sp³-hybridized carbons (Fsp3) is 0.880. The van der Waals surface area contributed by atoms with Crippen molar-refractivity contribution >= 4 is 37.4 Å². The quantitative estimate of drug-likeness (QED) is 0.371. The summed E-state index contributed by atoms with van der Waals surface area (Å²) in [6.07, 6.45) is 0. The molecule has 0 spiro atoms. The van der Waals surface area contributed by atoms with E-state index in [0.29, 0.717) is 52.5 Å². The maximum absolute atomic E-state index is 11.9. The summed E-state index contributed by atoms with van der Waals surface area (Å²) in [6.45, 7) is 16.7. The summed E-state index contributed by atoms with van der Waals surface area (Å²) in [7, 11) is -6.67. The zero-order valence-electron chi connectivity index (χ0n) is 24.4. The average molecular weight is 614 g/mol. The molecular weight excluding hydrogens is 562 g/mol. The number of amides is 3. The Kier molecular flexibility index (Phi) is 15.3. The van der Waals surface area contributed by atoms with E-state index in [0.717, 1.165) is 0 Å². The van der Waals surface area contributed by atoms with Crippen LogP contribution in [-0.4, -0.2) is 136 Å². The second kappa shape index (κ2) is 16.0. The molecule has 0 aromatic heterocycles. The number of morpholine rings is 1. The van der Waals surface area contributed by atoms with Gasteiger partial charge in [0, 0.05) is 46.2 Å². The van der Waals surface area contributed by atoms with Crippen LogP contribution in [0.3, 0.4) is 0 Å². The lowest BCUT2D eigenvalue weighted by Gasteiger charge is -2.33. The van der Waals surface area contributed by atoms with Crippen LogP contribution in [0.15, 0.2) is 0 Å². The van der Waals surface area contributed by atoms with E-state index in [4.69, 9.17) is 4.74 Å². The molecule has 0 aliphatic carbocycles. The predicted molar refractivity (Wildman–Crippen MR) is 156 cm³/mol. The molecule has 2 fully saturated rings. The number of nitrogens with zero attached hydrogens (tertiary/aromatic N) is 3. The number of ether oxygens (including phenoxy) is 1. The number of carbonyl (C=O) groups is 3. The lowest BCUT2D eigenvalue weighted by atomic mass is 10.3. The fourth-order valence-electron chi connectivity index (χ4n) is 3.28. The van der Waals surface area contributed by atoms with Gasteiger partial charge in [-0.2, -0.15) is 0 Å². The van der Waals surface area contributed by atoms with Crippen molar-refractivity contribution in [3.63, 3.8) is 0 Å². The summed E-state index contributed by atoms with van der Waals surface area (Å²) in [5.41, 5.74) is 0. The highest BCUT2D eigenvalue weighted by Crippen LogP contribution is 2.15. The topological polar surface area (TPSA) is 162 Å². The van der Waals surface area contributed by atoms with Crippen molar-refractivity contribution in [3.8, 4) is 0 Å². The van der Waals surface area contributed by atoms with Crippen LogP contribution in [0.1, 0.15) is 55.9 Å². The van der Waals surface area contributed by atoms with E-state index in [9.17, 15) is 31.2 Å². The molecule has 2 aliphatic rings. The zero-order chi connectivity index (χ0) is 30.1. The Morgan fingerprint density at radius 2 is 1.02 bits per heavy atom. The molecule has 2 aliphatic heterocycles. The van der Waals surface area contributed by atoms with Gasteiger partial charge in [-0.3, -0.25) is 24.2 Å². The second-order valence-corrected chi connectivity index (χ2v) is 17.1. The highest BCUT2D eigenvalue weighted by molar-refractivity contribution is 7.93. The molecule has 2 saturated heterocycles. The van der Waals surface area contributed by atoms with E-state index in [1.54, 1.807) is 46.4 Å². The molecule has 15 heteroatoms. The van der Waals surface area contributed by atoms with Crippen molar-refractivity contribution in [1.29, 1.82) is 0 Å². The van der Waals surface area contributed by atoms with Gasteiger partial charge in [-0.15, -0.1) is 0 Å². The van der Waals surface area contributed by atoms with E-state index in [2.05, 4.69) is 10.6 Å². The van der Waals surface area contributed by atoms with Gasteiger partial charge in [0.15, 0.2) is 19.7 Å². The van der Waals surface area contributed by atoms with Crippen molar-refractivity contribution in [2.75, 3.05) is 77.3 Å². The van der Waals surface area contributed by atoms with E-state index in [1.165, 1.54) is 6.92 Å². The Labute approximate surface area is 241 Å². The van der Waals surface area contributed by atoms with E-state index in [1.807, 2.05) is 9.80 Å². The maximum Gasteiger partial charge on any atom is 0.234 e. The van der Waals surface area contributed by atoms with E-state index in [-0.39, 0.29) is 50.0 Å². The highest BCUT2D eigenvalue weighted by atomic mass is 32.2. The molecule has 2 N–H and O–H groups in total. The molecule has 2 heterocycles.